The summed E-state index contributed by atoms with van der Waals surface area (Å²) in [5, 5.41) is 11.1. The van der Waals surface area contributed by atoms with E-state index in [9.17, 15) is 5.11 Å². The second-order valence-corrected chi connectivity index (χ2v) is 8.27. The topological polar surface area (TPSA) is 35.9 Å². The molecule has 4 nitrogen and oxygen atoms in total. The van der Waals surface area contributed by atoms with Crippen molar-refractivity contribution in [3.8, 4) is 0 Å². The third-order valence-electron chi connectivity index (χ3n) is 6.72. The van der Waals surface area contributed by atoms with E-state index in [0.29, 0.717) is 11.8 Å². The van der Waals surface area contributed by atoms with E-state index >= 15 is 0 Å². The van der Waals surface area contributed by atoms with Crippen LogP contribution in [0.4, 0.5) is 5.69 Å². The molecule has 0 amide bonds. The molecule has 0 radical (unpaired) electrons. The van der Waals surface area contributed by atoms with Gasteiger partial charge in [0.05, 0.1) is 18.8 Å². The Kier molecular flexibility index (Phi) is 5.03. The maximum absolute atomic E-state index is 11.1. The van der Waals surface area contributed by atoms with Crippen molar-refractivity contribution < 1.29 is 9.84 Å². The molecule has 1 N–H and O–H groups in total. The fourth-order valence-corrected chi connectivity index (χ4v) is 4.81. The van der Waals surface area contributed by atoms with Crippen LogP contribution >= 0.6 is 0 Å². The Labute approximate surface area is 151 Å². The SMILES string of the molecule is C[C@@H]1CN(Cc2cccc(N3CCOCC3)c2)CC[C@@]1(O)C1CCC1. The first kappa shape index (κ1) is 17.3. The van der Waals surface area contributed by atoms with Crippen LogP contribution in [-0.4, -0.2) is 55.0 Å². The number of morpholine rings is 1. The molecule has 3 fully saturated rings. The average Bonchev–Trinajstić information content (AvgIpc) is 2.58. The Morgan fingerprint density at radius 2 is 2.00 bits per heavy atom. The summed E-state index contributed by atoms with van der Waals surface area (Å²) in [6.07, 6.45) is 4.69. The van der Waals surface area contributed by atoms with Crippen LogP contribution in [0.3, 0.4) is 0 Å². The second kappa shape index (κ2) is 7.26. The van der Waals surface area contributed by atoms with Crippen LogP contribution in [0.15, 0.2) is 24.3 Å². The number of rotatable bonds is 4. The van der Waals surface area contributed by atoms with Gasteiger partial charge in [-0.3, -0.25) is 4.90 Å². The van der Waals surface area contributed by atoms with Gasteiger partial charge in [-0.05, 0) is 48.8 Å². The number of aliphatic hydroxyl groups is 1. The molecule has 3 aliphatic rings. The Balaban J connectivity index is 1.38. The van der Waals surface area contributed by atoms with Gasteiger partial charge in [0, 0.05) is 38.4 Å². The number of ether oxygens (including phenoxy) is 1. The molecule has 2 heterocycles. The Bertz CT molecular complexity index is 583. The number of benzene rings is 1. The van der Waals surface area contributed by atoms with Gasteiger partial charge in [0.15, 0.2) is 0 Å². The van der Waals surface area contributed by atoms with Crippen LogP contribution in [0.5, 0.6) is 0 Å². The number of likely N-dealkylation sites (tertiary alicyclic amines) is 1. The minimum absolute atomic E-state index is 0.369. The van der Waals surface area contributed by atoms with Gasteiger partial charge >= 0.3 is 0 Å². The third kappa shape index (κ3) is 3.57. The highest BCUT2D eigenvalue weighted by atomic mass is 16.5. The molecule has 2 atom stereocenters. The lowest BCUT2D eigenvalue weighted by molar-refractivity contribution is -0.128. The number of hydrogen-bond donors (Lipinski definition) is 1. The zero-order chi connectivity index (χ0) is 17.3. The van der Waals surface area contributed by atoms with E-state index < -0.39 is 5.60 Å². The van der Waals surface area contributed by atoms with Crippen molar-refractivity contribution >= 4 is 5.69 Å². The van der Waals surface area contributed by atoms with Crippen LogP contribution in [0, 0.1) is 11.8 Å². The number of piperidine rings is 1. The van der Waals surface area contributed by atoms with Crippen LogP contribution in [-0.2, 0) is 11.3 Å². The first-order chi connectivity index (χ1) is 12.1. The highest BCUT2D eigenvalue weighted by molar-refractivity contribution is 5.48. The minimum Gasteiger partial charge on any atom is -0.389 e. The van der Waals surface area contributed by atoms with Gasteiger partial charge in [-0.25, -0.2) is 0 Å². The maximum Gasteiger partial charge on any atom is 0.0725 e. The molecule has 1 saturated carbocycles. The normalized spacial score (nSPS) is 31.8. The van der Waals surface area contributed by atoms with Crippen molar-refractivity contribution in [1.29, 1.82) is 0 Å². The molecule has 0 bridgehead atoms. The highest BCUT2D eigenvalue weighted by Gasteiger charge is 2.46. The lowest BCUT2D eigenvalue weighted by Crippen LogP contribution is -2.56. The molecular formula is C21H32N2O2. The molecule has 138 valence electrons. The predicted octanol–water partition coefficient (Wildman–Crippen LogP) is 2.90. The van der Waals surface area contributed by atoms with Gasteiger partial charge in [-0.15, -0.1) is 0 Å². The van der Waals surface area contributed by atoms with Gasteiger partial charge in [-0.1, -0.05) is 25.5 Å². The van der Waals surface area contributed by atoms with Gasteiger partial charge in [0.25, 0.3) is 0 Å². The molecule has 4 rings (SSSR count). The van der Waals surface area contributed by atoms with Crippen molar-refractivity contribution in [3.05, 3.63) is 29.8 Å². The lowest BCUT2D eigenvalue weighted by atomic mass is 9.65. The fraction of sp³-hybridized carbons (Fsp3) is 0.714. The van der Waals surface area contributed by atoms with E-state index in [1.807, 2.05) is 0 Å². The Hall–Kier alpha value is -1.10. The first-order valence-corrected chi connectivity index (χ1v) is 10.0. The van der Waals surface area contributed by atoms with Gasteiger partial charge in [0.1, 0.15) is 0 Å². The summed E-state index contributed by atoms with van der Waals surface area (Å²) in [4.78, 5) is 4.94. The van der Waals surface area contributed by atoms with Crippen molar-refractivity contribution in [1.82, 2.24) is 4.90 Å². The number of nitrogens with zero attached hydrogens (tertiary/aromatic N) is 2. The van der Waals surface area contributed by atoms with Crippen LogP contribution in [0.2, 0.25) is 0 Å². The van der Waals surface area contributed by atoms with E-state index in [4.69, 9.17) is 4.74 Å². The highest BCUT2D eigenvalue weighted by Crippen LogP contribution is 2.44. The Morgan fingerprint density at radius 3 is 2.68 bits per heavy atom. The van der Waals surface area contributed by atoms with E-state index in [1.165, 1.54) is 30.5 Å². The molecule has 25 heavy (non-hydrogen) atoms. The van der Waals surface area contributed by atoms with Crippen molar-refractivity contribution in [2.45, 2.75) is 44.8 Å². The summed E-state index contributed by atoms with van der Waals surface area (Å²) in [5.41, 5.74) is 2.28. The van der Waals surface area contributed by atoms with Gasteiger partial charge in [0.2, 0.25) is 0 Å². The molecule has 4 heteroatoms. The summed E-state index contributed by atoms with van der Waals surface area (Å²) in [6, 6.07) is 8.96. The molecule has 2 saturated heterocycles. The zero-order valence-corrected chi connectivity index (χ0v) is 15.5. The molecule has 0 spiro atoms. The molecule has 1 aromatic carbocycles. The zero-order valence-electron chi connectivity index (χ0n) is 15.5. The molecular weight excluding hydrogens is 312 g/mol. The predicted molar refractivity (Wildman–Crippen MR) is 101 cm³/mol. The van der Waals surface area contributed by atoms with Crippen molar-refractivity contribution in [2.75, 3.05) is 44.3 Å². The molecule has 1 aliphatic carbocycles. The van der Waals surface area contributed by atoms with E-state index in [1.54, 1.807) is 0 Å². The van der Waals surface area contributed by atoms with Crippen molar-refractivity contribution in [2.24, 2.45) is 11.8 Å². The summed E-state index contributed by atoms with van der Waals surface area (Å²) >= 11 is 0. The quantitative estimate of drug-likeness (QED) is 0.911. The van der Waals surface area contributed by atoms with E-state index in [2.05, 4.69) is 41.0 Å². The van der Waals surface area contributed by atoms with Crippen LogP contribution in [0.25, 0.3) is 0 Å². The fourth-order valence-electron chi connectivity index (χ4n) is 4.81. The smallest absolute Gasteiger partial charge is 0.0725 e. The standard InChI is InChI=1S/C21H32N2O2/c1-17-15-22(9-8-21(17,24)19-5-3-6-19)16-18-4-2-7-20(14-18)23-10-12-25-13-11-23/h2,4,7,14,17,19,24H,3,5-6,8-13,15-16H2,1H3/t17-,21+/m1/s1. The lowest BCUT2D eigenvalue weighted by Gasteiger charge is -2.50. The summed E-state index contributed by atoms with van der Waals surface area (Å²) in [5.74, 6) is 0.920. The van der Waals surface area contributed by atoms with Crippen LogP contribution in [0.1, 0.15) is 38.2 Å². The molecule has 2 aliphatic heterocycles. The monoisotopic (exact) mass is 344 g/mol. The van der Waals surface area contributed by atoms with E-state index in [0.717, 1.165) is 52.4 Å². The van der Waals surface area contributed by atoms with Crippen molar-refractivity contribution in [3.63, 3.8) is 0 Å². The van der Waals surface area contributed by atoms with Gasteiger partial charge in [-0.2, -0.15) is 0 Å². The maximum atomic E-state index is 11.1. The molecule has 1 aromatic rings. The number of hydrogen-bond acceptors (Lipinski definition) is 4. The summed E-state index contributed by atoms with van der Waals surface area (Å²) in [7, 11) is 0. The number of anilines is 1. The minimum atomic E-state index is -0.412. The largest absolute Gasteiger partial charge is 0.389 e. The van der Waals surface area contributed by atoms with E-state index in [-0.39, 0.29) is 0 Å². The van der Waals surface area contributed by atoms with Gasteiger partial charge < -0.3 is 14.7 Å². The summed E-state index contributed by atoms with van der Waals surface area (Å²) in [6.45, 7) is 8.88. The van der Waals surface area contributed by atoms with Crippen LogP contribution < -0.4 is 4.90 Å². The molecule has 0 unspecified atom stereocenters. The summed E-state index contributed by atoms with van der Waals surface area (Å²) < 4.78 is 5.46. The first-order valence-electron chi connectivity index (χ1n) is 10.0. The third-order valence-corrected chi connectivity index (χ3v) is 6.72. The second-order valence-electron chi connectivity index (χ2n) is 8.27. The Morgan fingerprint density at radius 1 is 1.20 bits per heavy atom. The average molecular weight is 344 g/mol. The molecule has 0 aromatic heterocycles.